The first kappa shape index (κ1) is 17.9. The summed E-state index contributed by atoms with van der Waals surface area (Å²) >= 11 is 0. The van der Waals surface area contributed by atoms with Crippen molar-refractivity contribution in [1.82, 2.24) is 15.0 Å². The van der Waals surface area contributed by atoms with Crippen LogP contribution in [0.5, 0.6) is 0 Å². The van der Waals surface area contributed by atoms with E-state index < -0.39 is 17.5 Å². The monoisotopic (exact) mass is 380 g/mol. The van der Waals surface area contributed by atoms with Crippen molar-refractivity contribution in [2.75, 3.05) is 19.0 Å². The van der Waals surface area contributed by atoms with E-state index in [4.69, 9.17) is 0 Å². The Labute approximate surface area is 159 Å². The highest BCUT2D eigenvalue weighted by Gasteiger charge is 2.15. The van der Waals surface area contributed by atoms with Gasteiger partial charge in [0.1, 0.15) is 5.82 Å². The fourth-order valence-electron chi connectivity index (χ4n) is 2.98. The lowest BCUT2D eigenvalue weighted by Gasteiger charge is -2.16. The summed E-state index contributed by atoms with van der Waals surface area (Å²) in [6, 6.07) is 10.8. The molecule has 2 aromatic carbocycles. The smallest absolute Gasteiger partial charge is 0.194 e. The van der Waals surface area contributed by atoms with Crippen LogP contribution < -0.4 is 4.90 Å². The summed E-state index contributed by atoms with van der Waals surface area (Å²) < 4.78 is 40.6. The van der Waals surface area contributed by atoms with Gasteiger partial charge in [0.2, 0.25) is 0 Å². The molecule has 0 bridgehead atoms. The van der Waals surface area contributed by atoms with E-state index in [9.17, 15) is 13.2 Å². The van der Waals surface area contributed by atoms with Crippen LogP contribution in [0.1, 0.15) is 0 Å². The molecule has 0 spiro atoms. The fraction of sp³-hybridized carbons (Fsp3) is 0.0952. The zero-order chi connectivity index (χ0) is 19.8. The first-order valence-electron chi connectivity index (χ1n) is 8.48. The Kier molecular flexibility index (Phi) is 4.43. The average molecular weight is 380 g/mol. The lowest BCUT2D eigenvalue weighted by atomic mass is 10.0. The number of pyridine rings is 1. The Hall–Kier alpha value is -3.48. The molecule has 4 rings (SSSR count). The number of nitrogens with zero attached hydrogens (tertiary/aromatic N) is 4. The van der Waals surface area contributed by atoms with Gasteiger partial charge in [-0.2, -0.15) is 0 Å². The third-order valence-corrected chi connectivity index (χ3v) is 4.34. The number of hydrogen-bond acceptors (Lipinski definition) is 4. The minimum atomic E-state index is -1.49. The standard InChI is InChI=1S/C21H15F3N4/c1-28(2)21-15-6-5-12(14-8-16(22)19(24)17(23)9-14)10-18(15)26-20(27-21)13-4-3-7-25-11-13/h3-11H,1-2H3. The molecule has 0 saturated carbocycles. The molecule has 0 fully saturated rings. The van der Waals surface area contributed by atoms with Gasteiger partial charge in [0, 0.05) is 37.4 Å². The summed E-state index contributed by atoms with van der Waals surface area (Å²) in [5.41, 5.74) is 2.09. The van der Waals surface area contributed by atoms with Crippen LogP contribution in [-0.2, 0) is 0 Å². The molecule has 0 aliphatic heterocycles. The van der Waals surface area contributed by atoms with Crippen LogP contribution >= 0.6 is 0 Å². The number of aromatic nitrogens is 3. The average Bonchev–Trinajstić information content (AvgIpc) is 2.70. The molecule has 2 aromatic heterocycles. The van der Waals surface area contributed by atoms with Crippen LogP contribution in [0.15, 0.2) is 54.9 Å². The molecule has 0 aliphatic carbocycles. The third kappa shape index (κ3) is 3.15. The molecule has 140 valence electrons. The first-order valence-corrected chi connectivity index (χ1v) is 8.48. The zero-order valence-corrected chi connectivity index (χ0v) is 15.1. The van der Waals surface area contributed by atoms with Crippen molar-refractivity contribution in [2.24, 2.45) is 0 Å². The van der Waals surface area contributed by atoms with Gasteiger partial charge in [-0.1, -0.05) is 6.07 Å². The minimum Gasteiger partial charge on any atom is -0.362 e. The number of rotatable bonds is 3. The van der Waals surface area contributed by atoms with Gasteiger partial charge in [-0.3, -0.25) is 4.98 Å². The molecule has 0 saturated heterocycles. The summed E-state index contributed by atoms with van der Waals surface area (Å²) in [4.78, 5) is 15.2. The van der Waals surface area contributed by atoms with Crippen molar-refractivity contribution >= 4 is 16.7 Å². The Morgan fingerprint density at radius 1 is 0.821 bits per heavy atom. The van der Waals surface area contributed by atoms with Crippen LogP contribution in [0.4, 0.5) is 19.0 Å². The van der Waals surface area contributed by atoms with E-state index in [1.165, 1.54) is 0 Å². The maximum Gasteiger partial charge on any atom is 0.194 e. The molecule has 0 aliphatic rings. The predicted octanol–water partition coefficient (Wildman–Crippen LogP) is 4.84. The molecular weight excluding hydrogens is 365 g/mol. The summed E-state index contributed by atoms with van der Waals surface area (Å²) in [5, 5.41) is 0.782. The minimum absolute atomic E-state index is 0.228. The van der Waals surface area contributed by atoms with Crippen molar-refractivity contribution < 1.29 is 13.2 Å². The summed E-state index contributed by atoms with van der Waals surface area (Å²) in [7, 11) is 3.74. The molecule has 0 amide bonds. The van der Waals surface area contributed by atoms with E-state index in [2.05, 4.69) is 15.0 Å². The summed E-state index contributed by atoms with van der Waals surface area (Å²) in [6.45, 7) is 0. The summed E-state index contributed by atoms with van der Waals surface area (Å²) in [5.74, 6) is -2.77. The lowest BCUT2D eigenvalue weighted by molar-refractivity contribution is 0.448. The number of hydrogen-bond donors (Lipinski definition) is 0. The first-order chi connectivity index (χ1) is 13.4. The second-order valence-corrected chi connectivity index (χ2v) is 6.49. The van der Waals surface area contributed by atoms with Gasteiger partial charge in [0.25, 0.3) is 0 Å². The molecule has 0 unspecified atom stereocenters. The topological polar surface area (TPSA) is 41.9 Å². The van der Waals surface area contributed by atoms with Gasteiger partial charge in [-0.15, -0.1) is 0 Å². The second-order valence-electron chi connectivity index (χ2n) is 6.49. The molecule has 0 N–H and O–H groups in total. The Morgan fingerprint density at radius 3 is 2.21 bits per heavy atom. The number of benzene rings is 2. The molecule has 0 radical (unpaired) electrons. The van der Waals surface area contributed by atoms with Crippen LogP contribution in [0.3, 0.4) is 0 Å². The largest absolute Gasteiger partial charge is 0.362 e. The second kappa shape index (κ2) is 6.92. The van der Waals surface area contributed by atoms with Crippen LogP contribution in [0.2, 0.25) is 0 Å². The van der Waals surface area contributed by atoms with Gasteiger partial charge in [-0.25, -0.2) is 23.1 Å². The lowest BCUT2D eigenvalue weighted by Crippen LogP contribution is -2.12. The number of fused-ring (bicyclic) bond motifs is 1. The van der Waals surface area contributed by atoms with Gasteiger partial charge < -0.3 is 4.90 Å². The third-order valence-electron chi connectivity index (χ3n) is 4.34. The van der Waals surface area contributed by atoms with Gasteiger partial charge in [0.05, 0.1) is 5.52 Å². The Morgan fingerprint density at radius 2 is 1.57 bits per heavy atom. The van der Waals surface area contributed by atoms with E-state index in [0.717, 1.165) is 23.1 Å². The van der Waals surface area contributed by atoms with E-state index in [0.29, 0.717) is 22.7 Å². The van der Waals surface area contributed by atoms with Crippen molar-refractivity contribution in [3.8, 4) is 22.5 Å². The van der Waals surface area contributed by atoms with Gasteiger partial charge in [-0.05, 0) is 47.5 Å². The van der Waals surface area contributed by atoms with Crippen molar-refractivity contribution in [2.45, 2.75) is 0 Å². The number of halogens is 3. The molecule has 7 heteroatoms. The van der Waals surface area contributed by atoms with E-state index in [1.54, 1.807) is 36.7 Å². The molecule has 28 heavy (non-hydrogen) atoms. The highest BCUT2D eigenvalue weighted by Crippen LogP contribution is 2.31. The summed E-state index contributed by atoms with van der Waals surface area (Å²) in [6.07, 6.45) is 3.32. The molecule has 4 aromatic rings. The van der Waals surface area contributed by atoms with E-state index in [-0.39, 0.29) is 5.56 Å². The molecular formula is C21H15F3N4. The highest BCUT2D eigenvalue weighted by atomic mass is 19.2. The molecule has 4 nitrogen and oxygen atoms in total. The maximum absolute atomic E-state index is 13.6. The normalized spacial score (nSPS) is 11.0. The SMILES string of the molecule is CN(C)c1nc(-c2cccnc2)nc2cc(-c3cc(F)c(F)c(F)c3)ccc12. The highest BCUT2D eigenvalue weighted by molar-refractivity contribution is 5.93. The maximum atomic E-state index is 13.6. The Balaban J connectivity index is 1.93. The fourth-order valence-corrected chi connectivity index (χ4v) is 2.98. The Bertz CT molecular complexity index is 1150. The molecule has 0 atom stereocenters. The van der Waals surface area contributed by atoms with Gasteiger partial charge in [0.15, 0.2) is 23.3 Å². The molecule has 2 heterocycles. The van der Waals surface area contributed by atoms with Gasteiger partial charge >= 0.3 is 0 Å². The quantitative estimate of drug-likeness (QED) is 0.477. The number of anilines is 1. The van der Waals surface area contributed by atoms with E-state index in [1.807, 2.05) is 25.1 Å². The van der Waals surface area contributed by atoms with Crippen LogP contribution in [-0.4, -0.2) is 29.0 Å². The van der Waals surface area contributed by atoms with Crippen molar-refractivity contribution in [1.29, 1.82) is 0 Å². The van der Waals surface area contributed by atoms with Crippen molar-refractivity contribution in [3.05, 3.63) is 72.3 Å². The zero-order valence-electron chi connectivity index (χ0n) is 15.1. The van der Waals surface area contributed by atoms with Crippen LogP contribution in [0, 0.1) is 17.5 Å². The predicted molar refractivity (Wildman–Crippen MR) is 102 cm³/mol. The van der Waals surface area contributed by atoms with E-state index >= 15 is 0 Å². The van der Waals surface area contributed by atoms with Crippen molar-refractivity contribution in [3.63, 3.8) is 0 Å². The van der Waals surface area contributed by atoms with Crippen LogP contribution in [0.25, 0.3) is 33.4 Å².